The summed E-state index contributed by atoms with van der Waals surface area (Å²) in [7, 11) is 0. The molecule has 8 heteroatoms. The number of aromatic nitrogens is 1. The number of hydrogen-bond donors (Lipinski definition) is 1. The number of rotatable bonds is 6. The number of carbonyl (C=O) groups excluding carboxylic acids is 2. The summed E-state index contributed by atoms with van der Waals surface area (Å²) in [4.78, 5) is 23.1. The summed E-state index contributed by atoms with van der Waals surface area (Å²) in [6.45, 7) is 0.944. The Morgan fingerprint density at radius 1 is 1.32 bits per heavy atom. The molecule has 0 bridgehead atoms. The van der Waals surface area contributed by atoms with Crippen molar-refractivity contribution >= 4 is 33.5 Å². The Balaban J connectivity index is 1.71. The molecule has 0 unspecified atom stereocenters. The van der Waals surface area contributed by atoms with Gasteiger partial charge in [-0.2, -0.15) is 0 Å². The Labute approximate surface area is 134 Å². The minimum absolute atomic E-state index is 0.187. The third-order valence-corrected chi connectivity index (χ3v) is 3.15. The van der Waals surface area contributed by atoms with Crippen LogP contribution in [0.3, 0.4) is 0 Å². The highest BCUT2D eigenvalue weighted by atomic mass is 79.9. The Bertz CT molecular complexity index is 671. The van der Waals surface area contributed by atoms with Crippen LogP contribution in [-0.2, 0) is 14.3 Å². The molecule has 1 heterocycles. The minimum Gasteiger partial charge on any atom is -0.463 e. The predicted molar refractivity (Wildman–Crippen MR) is 80.5 cm³/mol. The number of anilines is 1. The van der Waals surface area contributed by atoms with Crippen LogP contribution in [0.25, 0.3) is 0 Å². The molecule has 2 rings (SSSR count). The number of nitrogens with zero attached hydrogens (tertiary/aromatic N) is 1. The summed E-state index contributed by atoms with van der Waals surface area (Å²) in [5.74, 6) is -0.372. The molecule has 1 amide bonds. The van der Waals surface area contributed by atoms with Crippen molar-refractivity contribution in [2.45, 2.75) is 6.92 Å². The summed E-state index contributed by atoms with van der Waals surface area (Å²) < 4.78 is 15.3. The number of nitrogens with one attached hydrogen (secondary N) is 1. The lowest BCUT2D eigenvalue weighted by Crippen LogP contribution is -2.23. The van der Waals surface area contributed by atoms with Crippen LogP contribution in [0.2, 0.25) is 0 Å². The quantitative estimate of drug-likeness (QED) is 0.786. The molecule has 0 saturated carbocycles. The van der Waals surface area contributed by atoms with Gasteiger partial charge in [-0.3, -0.25) is 4.79 Å². The molecule has 0 aliphatic heterocycles. The zero-order valence-corrected chi connectivity index (χ0v) is 13.3. The van der Waals surface area contributed by atoms with Crippen molar-refractivity contribution in [3.05, 3.63) is 40.6 Å². The maximum Gasteiger partial charge on any atom is 0.344 e. The summed E-state index contributed by atoms with van der Waals surface area (Å²) in [6.07, 6.45) is 0. The van der Waals surface area contributed by atoms with E-state index in [2.05, 4.69) is 26.4 Å². The Hall–Kier alpha value is -2.35. The third kappa shape index (κ3) is 4.88. The number of aryl methyl sites for hydroxylation is 1. The van der Waals surface area contributed by atoms with E-state index >= 15 is 0 Å². The molecule has 1 aromatic carbocycles. The maximum atomic E-state index is 11.7. The summed E-state index contributed by atoms with van der Waals surface area (Å²) in [5.41, 5.74) is 0.595. The largest absolute Gasteiger partial charge is 0.463 e. The van der Waals surface area contributed by atoms with Crippen LogP contribution in [0, 0.1) is 6.92 Å². The molecular formula is C14H13BrN2O5. The molecule has 0 fully saturated rings. The lowest BCUT2D eigenvalue weighted by atomic mass is 10.3. The minimum atomic E-state index is -0.678. The van der Waals surface area contributed by atoms with E-state index < -0.39 is 18.5 Å². The zero-order chi connectivity index (χ0) is 15.9. The van der Waals surface area contributed by atoms with Crippen LogP contribution in [0.1, 0.15) is 5.76 Å². The highest BCUT2D eigenvalue weighted by molar-refractivity contribution is 9.10. The molecule has 0 radical (unpaired) electrons. The molecular weight excluding hydrogens is 356 g/mol. The van der Waals surface area contributed by atoms with Crippen LogP contribution in [0.5, 0.6) is 5.88 Å². The number of carbonyl (C=O) groups is 2. The number of halogens is 1. The molecule has 1 aromatic heterocycles. The highest BCUT2D eigenvalue weighted by Crippen LogP contribution is 2.20. The topological polar surface area (TPSA) is 90.7 Å². The monoisotopic (exact) mass is 368 g/mol. The van der Waals surface area contributed by atoms with Gasteiger partial charge in [0.1, 0.15) is 5.76 Å². The summed E-state index contributed by atoms with van der Waals surface area (Å²) >= 11 is 3.30. The van der Waals surface area contributed by atoms with Gasteiger partial charge >= 0.3 is 5.97 Å². The average Bonchev–Trinajstić information content (AvgIpc) is 2.91. The van der Waals surface area contributed by atoms with Gasteiger partial charge in [0, 0.05) is 10.5 Å². The molecule has 1 N–H and O–H groups in total. The first-order valence-corrected chi connectivity index (χ1v) is 7.10. The van der Waals surface area contributed by atoms with E-state index in [0.717, 1.165) is 4.47 Å². The second-order valence-corrected chi connectivity index (χ2v) is 5.11. The Morgan fingerprint density at radius 3 is 2.77 bits per heavy atom. The first kappa shape index (κ1) is 16.0. The average molecular weight is 369 g/mol. The summed E-state index contributed by atoms with van der Waals surface area (Å²) in [6, 6.07) is 8.64. The normalized spacial score (nSPS) is 10.1. The van der Waals surface area contributed by atoms with Crippen LogP contribution >= 0.6 is 15.9 Å². The fourth-order valence-electron chi connectivity index (χ4n) is 1.48. The number of hydrogen-bond acceptors (Lipinski definition) is 6. The molecule has 0 aliphatic carbocycles. The molecule has 0 saturated heterocycles. The van der Waals surface area contributed by atoms with Gasteiger partial charge in [0.15, 0.2) is 13.2 Å². The third-order valence-electron chi connectivity index (χ3n) is 2.46. The lowest BCUT2D eigenvalue weighted by Gasteiger charge is -2.08. The molecule has 0 spiro atoms. The second-order valence-electron chi connectivity index (χ2n) is 4.25. The SMILES string of the molecule is Cc1cc(OCC(=O)OCC(=O)Nc2ccccc2Br)no1. The number of benzene rings is 1. The van der Waals surface area contributed by atoms with E-state index in [1.54, 1.807) is 25.1 Å². The number of amides is 1. The smallest absolute Gasteiger partial charge is 0.344 e. The van der Waals surface area contributed by atoms with E-state index in [9.17, 15) is 9.59 Å². The molecule has 0 aliphatic rings. The maximum absolute atomic E-state index is 11.7. The van der Waals surface area contributed by atoms with Crippen molar-refractivity contribution in [2.75, 3.05) is 18.5 Å². The van der Waals surface area contributed by atoms with E-state index in [1.807, 2.05) is 6.07 Å². The van der Waals surface area contributed by atoms with Gasteiger partial charge in [-0.25, -0.2) is 4.79 Å². The Kier molecular flexibility index (Phi) is 5.54. The lowest BCUT2D eigenvalue weighted by molar-refractivity contribution is -0.149. The van der Waals surface area contributed by atoms with E-state index in [0.29, 0.717) is 11.4 Å². The van der Waals surface area contributed by atoms with E-state index in [1.165, 1.54) is 6.07 Å². The summed E-state index contributed by atoms with van der Waals surface area (Å²) in [5, 5.41) is 6.17. The fraction of sp³-hybridized carbons (Fsp3) is 0.214. The Morgan fingerprint density at radius 2 is 2.09 bits per heavy atom. The molecule has 116 valence electrons. The van der Waals surface area contributed by atoms with Gasteiger partial charge in [-0.05, 0) is 40.1 Å². The van der Waals surface area contributed by atoms with Gasteiger partial charge in [-0.15, -0.1) is 0 Å². The van der Waals surface area contributed by atoms with Crippen molar-refractivity contribution in [1.82, 2.24) is 5.16 Å². The zero-order valence-electron chi connectivity index (χ0n) is 11.7. The van der Waals surface area contributed by atoms with Crippen molar-refractivity contribution in [3.63, 3.8) is 0 Å². The number of para-hydroxylation sites is 1. The van der Waals surface area contributed by atoms with Gasteiger partial charge in [-0.1, -0.05) is 12.1 Å². The first-order chi connectivity index (χ1) is 10.5. The first-order valence-electron chi connectivity index (χ1n) is 6.30. The second kappa shape index (κ2) is 7.60. The van der Waals surface area contributed by atoms with Crippen LogP contribution in [-0.4, -0.2) is 30.2 Å². The van der Waals surface area contributed by atoms with E-state index in [4.69, 9.17) is 14.0 Å². The molecule has 22 heavy (non-hydrogen) atoms. The van der Waals surface area contributed by atoms with Gasteiger partial charge < -0.3 is 19.3 Å². The van der Waals surface area contributed by atoms with Crippen molar-refractivity contribution in [1.29, 1.82) is 0 Å². The van der Waals surface area contributed by atoms with Crippen LogP contribution in [0.4, 0.5) is 5.69 Å². The number of ether oxygens (including phenoxy) is 2. The highest BCUT2D eigenvalue weighted by Gasteiger charge is 2.11. The molecule has 7 nitrogen and oxygen atoms in total. The van der Waals surface area contributed by atoms with E-state index in [-0.39, 0.29) is 12.5 Å². The van der Waals surface area contributed by atoms with Crippen molar-refractivity contribution in [3.8, 4) is 5.88 Å². The van der Waals surface area contributed by atoms with Crippen molar-refractivity contribution in [2.24, 2.45) is 0 Å². The van der Waals surface area contributed by atoms with Crippen molar-refractivity contribution < 1.29 is 23.6 Å². The van der Waals surface area contributed by atoms with Crippen LogP contribution < -0.4 is 10.1 Å². The van der Waals surface area contributed by atoms with Gasteiger partial charge in [0.05, 0.1) is 5.69 Å². The van der Waals surface area contributed by atoms with Crippen LogP contribution in [0.15, 0.2) is 39.3 Å². The number of esters is 1. The molecule has 2 aromatic rings. The fourth-order valence-corrected chi connectivity index (χ4v) is 1.86. The predicted octanol–water partition coefficient (Wildman–Crippen LogP) is 2.31. The van der Waals surface area contributed by atoms with Gasteiger partial charge in [0.2, 0.25) is 0 Å². The standard InChI is InChI=1S/C14H13BrN2O5/c1-9-6-13(17-22-9)20-8-14(19)21-7-12(18)16-11-5-3-2-4-10(11)15/h2-6H,7-8H2,1H3,(H,16,18). The van der Waals surface area contributed by atoms with Gasteiger partial charge in [0.25, 0.3) is 11.8 Å². The molecule has 0 atom stereocenters.